The first-order valence-corrected chi connectivity index (χ1v) is 6.36. The van der Waals surface area contributed by atoms with Gasteiger partial charge in [-0.05, 0) is 37.6 Å². The third-order valence-electron chi connectivity index (χ3n) is 2.30. The first kappa shape index (κ1) is 13.8. The Morgan fingerprint density at radius 1 is 1.05 bits per heavy atom. The maximum absolute atomic E-state index is 5.91. The molecule has 0 aliphatic heterocycles. The van der Waals surface area contributed by atoms with Gasteiger partial charge in [0.2, 0.25) is 5.95 Å². The molecule has 19 heavy (non-hydrogen) atoms. The van der Waals surface area contributed by atoms with Crippen molar-refractivity contribution in [3.8, 4) is 0 Å². The Morgan fingerprint density at radius 2 is 1.74 bits per heavy atom. The lowest BCUT2D eigenvalue weighted by Gasteiger charge is -2.01. The molecule has 0 aliphatic rings. The van der Waals surface area contributed by atoms with Crippen LogP contribution in [0.25, 0.3) is 0 Å². The van der Waals surface area contributed by atoms with E-state index < -0.39 is 0 Å². The molecule has 0 bridgehead atoms. The maximum atomic E-state index is 5.91. The first-order chi connectivity index (χ1) is 9.04. The molecule has 0 amide bonds. The number of anilines is 1. The second kappa shape index (κ2) is 5.99. The van der Waals surface area contributed by atoms with E-state index in [2.05, 4.69) is 20.5 Å². The number of hydrogen-bond donors (Lipinski definition) is 1. The van der Waals surface area contributed by atoms with Gasteiger partial charge in [-0.1, -0.05) is 29.3 Å². The van der Waals surface area contributed by atoms with Gasteiger partial charge in [0.25, 0.3) is 0 Å². The van der Waals surface area contributed by atoms with Crippen LogP contribution >= 0.6 is 23.2 Å². The zero-order valence-corrected chi connectivity index (χ0v) is 12.0. The van der Waals surface area contributed by atoms with Gasteiger partial charge in [-0.25, -0.2) is 15.4 Å². The molecule has 6 heteroatoms. The molecule has 1 aromatic heterocycles. The standard InChI is InChI=1S/C13H12Cl2N4/c1-8-5-9(2)18-13(17-8)19-16-7-10-3-4-11(14)12(15)6-10/h3-7H,1-2H3,(H,17,18,19)/b16-7-. The lowest BCUT2D eigenvalue weighted by Crippen LogP contribution is -1.99. The fourth-order valence-corrected chi connectivity index (χ4v) is 1.84. The number of aryl methyl sites for hydroxylation is 2. The van der Waals surface area contributed by atoms with E-state index in [4.69, 9.17) is 23.2 Å². The molecule has 98 valence electrons. The molecular weight excluding hydrogens is 283 g/mol. The highest BCUT2D eigenvalue weighted by Gasteiger charge is 1.98. The summed E-state index contributed by atoms with van der Waals surface area (Å²) in [7, 11) is 0. The average Bonchev–Trinajstić information content (AvgIpc) is 2.32. The van der Waals surface area contributed by atoms with E-state index >= 15 is 0 Å². The number of nitrogens with one attached hydrogen (secondary N) is 1. The van der Waals surface area contributed by atoms with Crippen LogP contribution in [0.4, 0.5) is 5.95 Å². The molecule has 1 aromatic carbocycles. The van der Waals surface area contributed by atoms with E-state index in [0.717, 1.165) is 17.0 Å². The number of hydrogen-bond acceptors (Lipinski definition) is 4. The minimum Gasteiger partial charge on any atom is -0.245 e. The van der Waals surface area contributed by atoms with Crippen LogP contribution in [0.3, 0.4) is 0 Å². The minimum atomic E-state index is 0.466. The predicted molar refractivity (Wildman–Crippen MR) is 79.2 cm³/mol. The van der Waals surface area contributed by atoms with Gasteiger partial charge < -0.3 is 0 Å². The molecule has 1 N–H and O–H groups in total. The zero-order valence-electron chi connectivity index (χ0n) is 10.5. The molecule has 0 fully saturated rings. The third kappa shape index (κ3) is 3.91. The van der Waals surface area contributed by atoms with Gasteiger partial charge >= 0.3 is 0 Å². The summed E-state index contributed by atoms with van der Waals surface area (Å²) in [6.07, 6.45) is 1.63. The molecule has 2 rings (SSSR count). The van der Waals surface area contributed by atoms with Gasteiger partial charge in [0.15, 0.2) is 0 Å². The molecule has 0 unspecified atom stereocenters. The van der Waals surface area contributed by atoms with Crippen molar-refractivity contribution in [3.05, 3.63) is 51.3 Å². The number of rotatable bonds is 3. The topological polar surface area (TPSA) is 50.2 Å². The largest absolute Gasteiger partial charge is 0.245 e. The number of aromatic nitrogens is 2. The number of halogens is 2. The van der Waals surface area contributed by atoms with Crippen molar-refractivity contribution < 1.29 is 0 Å². The summed E-state index contributed by atoms with van der Waals surface area (Å²) in [4.78, 5) is 8.43. The Morgan fingerprint density at radius 3 is 2.37 bits per heavy atom. The van der Waals surface area contributed by atoms with Crippen molar-refractivity contribution in [1.82, 2.24) is 9.97 Å². The number of hydrazone groups is 1. The van der Waals surface area contributed by atoms with Crippen molar-refractivity contribution >= 4 is 35.4 Å². The van der Waals surface area contributed by atoms with E-state index in [9.17, 15) is 0 Å². The molecular formula is C13H12Cl2N4. The van der Waals surface area contributed by atoms with Crippen LogP contribution in [0.5, 0.6) is 0 Å². The van der Waals surface area contributed by atoms with E-state index in [1.807, 2.05) is 26.0 Å². The van der Waals surface area contributed by atoms with Crippen molar-refractivity contribution in [2.24, 2.45) is 5.10 Å². The first-order valence-electron chi connectivity index (χ1n) is 5.61. The Labute approximate surface area is 121 Å². The maximum Gasteiger partial charge on any atom is 0.243 e. The Balaban J connectivity index is 2.08. The van der Waals surface area contributed by atoms with Crippen molar-refractivity contribution in [3.63, 3.8) is 0 Å². The van der Waals surface area contributed by atoms with Gasteiger partial charge in [-0.2, -0.15) is 5.10 Å². The molecule has 0 radical (unpaired) electrons. The number of benzene rings is 1. The third-order valence-corrected chi connectivity index (χ3v) is 3.04. The Bertz CT molecular complexity index is 606. The molecule has 0 spiro atoms. The lowest BCUT2D eigenvalue weighted by molar-refractivity contribution is 1.04. The summed E-state index contributed by atoms with van der Waals surface area (Å²) in [6, 6.07) is 7.17. The fraction of sp³-hybridized carbons (Fsp3) is 0.154. The Kier molecular flexibility index (Phi) is 4.35. The van der Waals surface area contributed by atoms with Gasteiger partial charge in [0.05, 0.1) is 16.3 Å². The number of nitrogens with zero attached hydrogens (tertiary/aromatic N) is 3. The molecule has 4 nitrogen and oxygen atoms in total. The van der Waals surface area contributed by atoms with E-state index in [0.29, 0.717) is 16.0 Å². The van der Waals surface area contributed by atoms with E-state index in [-0.39, 0.29) is 0 Å². The normalized spacial score (nSPS) is 10.9. The van der Waals surface area contributed by atoms with Crippen LogP contribution < -0.4 is 5.43 Å². The second-order valence-corrected chi connectivity index (χ2v) is 4.83. The van der Waals surface area contributed by atoms with Crippen molar-refractivity contribution in [2.75, 3.05) is 5.43 Å². The molecule has 2 aromatic rings. The second-order valence-electron chi connectivity index (χ2n) is 4.02. The quantitative estimate of drug-likeness (QED) is 0.691. The summed E-state index contributed by atoms with van der Waals surface area (Å²) >= 11 is 11.7. The smallest absolute Gasteiger partial charge is 0.243 e. The summed E-state index contributed by atoms with van der Waals surface area (Å²) in [6.45, 7) is 3.81. The van der Waals surface area contributed by atoms with Crippen LogP contribution in [0.15, 0.2) is 29.4 Å². The molecule has 0 saturated heterocycles. The average molecular weight is 295 g/mol. The van der Waals surface area contributed by atoms with E-state index in [1.165, 1.54) is 0 Å². The van der Waals surface area contributed by atoms with Gasteiger partial charge in [-0.15, -0.1) is 0 Å². The highest BCUT2D eigenvalue weighted by molar-refractivity contribution is 6.42. The van der Waals surface area contributed by atoms with E-state index in [1.54, 1.807) is 18.3 Å². The minimum absolute atomic E-state index is 0.466. The zero-order chi connectivity index (χ0) is 13.8. The van der Waals surface area contributed by atoms with Crippen LogP contribution in [0, 0.1) is 13.8 Å². The SMILES string of the molecule is Cc1cc(C)nc(N/N=C\c2ccc(Cl)c(Cl)c2)n1. The van der Waals surface area contributed by atoms with Crippen LogP contribution in [-0.2, 0) is 0 Å². The summed E-state index contributed by atoms with van der Waals surface area (Å²) in [5, 5.41) is 5.07. The predicted octanol–water partition coefficient (Wildman–Crippen LogP) is 3.85. The summed E-state index contributed by atoms with van der Waals surface area (Å²) in [5.74, 6) is 0.466. The summed E-state index contributed by atoms with van der Waals surface area (Å²) < 4.78 is 0. The molecule has 0 saturated carbocycles. The lowest BCUT2D eigenvalue weighted by atomic mass is 10.2. The summed E-state index contributed by atoms with van der Waals surface area (Å²) in [5.41, 5.74) is 5.40. The van der Waals surface area contributed by atoms with Crippen LogP contribution in [-0.4, -0.2) is 16.2 Å². The molecule has 1 heterocycles. The highest BCUT2D eigenvalue weighted by atomic mass is 35.5. The monoisotopic (exact) mass is 294 g/mol. The molecule has 0 aliphatic carbocycles. The van der Waals surface area contributed by atoms with Gasteiger partial charge in [0, 0.05) is 11.4 Å². The van der Waals surface area contributed by atoms with Gasteiger partial charge in [-0.3, -0.25) is 0 Å². The molecule has 0 atom stereocenters. The Hall–Kier alpha value is -1.65. The fourth-order valence-electron chi connectivity index (χ4n) is 1.53. The van der Waals surface area contributed by atoms with Crippen molar-refractivity contribution in [2.45, 2.75) is 13.8 Å². The van der Waals surface area contributed by atoms with Gasteiger partial charge in [0.1, 0.15) is 0 Å². The van der Waals surface area contributed by atoms with Crippen LogP contribution in [0.1, 0.15) is 17.0 Å². The van der Waals surface area contributed by atoms with Crippen LogP contribution in [0.2, 0.25) is 10.0 Å². The highest BCUT2D eigenvalue weighted by Crippen LogP contribution is 2.21. The van der Waals surface area contributed by atoms with Crippen molar-refractivity contribution in [1.29, 1.82) is 0 Å².